The first kappa shape index (κ1) is 19.4. The van der Waals surface area contributed by atoms with Gasteiger partial charge in [0.1, 0.15) is 12.2 Å². The van der Waals surface area contributed by atoms with Crippen LogP contribution in [0.1, 0.15) is 42.4 Å². The number of hydrogen-bond acceptors (Lipinski definition) is 6. The number of nitrogens with zero attached hydrogens (tertiary/aromatic N) is 4. The van der Waals surface area contributed by atoms with Crippen molar-refractivity contribution < 1.29 is 4.79 Å². The molecule has 0 spiro atoms. The van der Waals surface area contributed by atoms with Crippen LogP contribution in [0, 0.1) is 0 Å². The number of ketones is 1. The van der Waals surface area contributed by atoms with Crippen molar-refractivity contribution in [3.05, 3.63) is 75.7 Å². The fourth-order valence-electron chi connectivity index (χ4n) is 3.54. The lowest BCUT2D eigenvalue weighted by atomic mass is 9.80. The summed E-state index contributed by atoms with van der Waals surface area (Å²) in [5.41, 5.74) is 1.02. The third-order valence-corrected chi connectivity index (χ3v) is 5.57. The van der Waals surface area contributed by atoms with E-state index in [9.17, 15) is 9.59 Å². The van der Waals surface area contributed by atoms with E-state index >= 15 is 0 Å². The normalized spacial score (nSPS) is 17.6. The van der Waals surface area contributed by atoms with E-state index in [4.69, 9.17) is 16.6 Å². The van der Waals surface area contributed by atoms with Crippen molar-refractivity contribution in [2.45, 2.75) is 38.4 Å². The highest BCUT2D eigenvalue weighted by molar-refractivity contribution is 6.30. The highest BCUT2D eigenvalue weighted by Crippen LogP contribution is 2.34. The van der Waals surface area contributed by atoms with Gasteiger partial charge in [-0.15, -0.1) is 0 Å². The van der Waals surface area contributed by atoms with Gasteiger partial charge in [-0.25, -0.2) is 15.0 Å². The Morgan fingerprint density at radius 1 is 1.24 bits per heavy atom. The van der Waals surface area contributed by atoms with Crippen LogP contribution < -0.4 is 10.9 Å². The molecule has 3 aromatic rings. The molecule has 0 aliphatic carbocycles. The molecule has 1 unspecified atom stereocenters. The number of fused-ring (bicyclic) bond motifs is 1. The Hall–Kier alpha value is -2.90. The molecule has 1 aliphatic rings. The Labute approximate surface area is 172 Å². The van der Waals surface area contributed by atoms with Crippen LogP contribution in [-0.2, 0) is 6.67 Å². The molecule has 148 valence electrons. The molecule has 1 aromatic carbocycles. The van der Waals surface area contributed by atoms with Crippen LogP contribution in [-0.4, -0.2) is 30.8 Å². The third-order valence-electron chi connectivity index (χ3n) is 5.31. The number of rotatable bonds is 4. The van der Waals surface area contributed by atoms with Crippen molar-refractivity contribution >= 4 is 17.4 Å². The zero-order valence-corrected chi connectivity index (χ0v) is 16.8. The van der Waals surface area contributed by atoms with Crippen LogP contribution in [0.15, 0.2) is 53.7 Å². The van der Waals surface area contributed by atoms with Gasteiger partial charge >= 0.3 is 0 Å². The summed E-state index contributed by atoms with van der Waals surface area (Å²) in [5, 5.41) is 3.93. The fraction of sp³-hybridized carbons (Fsp3) is 0.286. The van der Waals surface area contributed by atoms with Gasteiger partial charge < -0.3 is 0 Å². The van der Waals surface area contributed by atoms with Gasteiger partial charge in [-0.2, -0.15) is 0 Å². The zero-order valence-electron chi connectivity index (χ0n) is 16.1. The molecule has 1 aliphatic heterocycles. The minimum Gasteiger partial charge on any atom is -0.294 e. The molecule has 0 amide bonds. The van der Waals surface area contributed by atoms with Gasteiger partial charge in [-0.3, -0.25) is 19.5 Å². The molecule has 0 saturated heterocycles. The summed E-state index contributed by atoms with van der Waals surface area (Å²) in [6.45, 7) is 4.36. The predicted molar refractivity (Wildman–Crippen MR) is 110 cm³/mol. The van der Waals surface area contributed by atoms with Gasteiger partial charge in [0, 0.05) is 40.7 Å². The summed E-state index contributed by atoms with van der Waals surface area (Å²) in [6.07, 6.45) is 3.23. The molecule has 0 fully saturated rings. The molecule has 0 radical (unpaired) electrons. The maximum atomic E-state index is 13.0. The first-order valence-electron chi connectivity index (χ1n) is 9.27. The molecule has 8 heteroatoms. The maximum Gasteiger partial charge on any atom is 0.255 e. The molecule has 0 bridgehead atoms. The number of hydrogen-bond donors (Lipinski definition) is 1. The lowest BCUT2D eigenvalue weighted by Gasteiger charge is -2.40. The van der Waals surface area contributed by atoms with Crippen molar-refractivity contribution in [2.75, 3.05) is 0 Å². The minimum absolute atomic E-state index is 0.0309. The number of carbonyl (C=O) groups excluding carboxylic acids is 1. The first-order valence-corrected chi connectivity index (χ1v) is 9.65. The Morgan fingerprint density at radius 2 is 2.00 bits per heavy atom. The number of benzene rings is 1. The zero-order chi connectivity index (χ0) is 20.6. The summed E-state index contributed by atoms with van der Waals surface area (Å²) in [4.78, 5) is 38.6. The van der Waals surface area contributed by atoms with Crippen molar-refractivity contribution in [3.63, 3.8) is 0 Å². The van der Waals surface area contributed by atoms with Gasteiger partial charge in [0.05, 0.1) is 18.1 Å². The smallest absolute Gasteiger partial charge is 0.255 e. The number of halogens is 1. The quantitative estimate of drug-likeness (QED) is 0.666. The van der Waals surface area contributed by atoms with Crippen molar-refractivity contribution in [1.82, 2.24) is 24.8 Å². The van der Waals surface area contributed by atoms with E-state index in [-0.39, 0.29) is 23.7 Å². The lowest BCUT2D eigenvalue weighted by Crippen LogP contribution is -2.54. The summed E-state index contributed by atoms with van der Waals surface area (Å²) in [7, 11) is 0. The molecule has 2 aromatic heterocycles. The Bertz CT molecular complexity index is 1110. The topological polar surface area (TPSA) is 89.8 Å². The molecule has 29 heavy (non-hydrogen) atoms. The number of aromatic nitrogens is 4. The second-order valence-corrected chi connectivity index (χ2v) is 8.04. The minimum atomic E-state index is -0.425. The molecular weight excluding hydrogens is 390 g/mol. The average Bonchev–Trinajstić information content (AvgIpc) is 2.71. The van der Waals surface area contributed by atoms with Gasteiger partial charge in [0.15, 0.2) is 5.78 Å². The summed E-state index contributed by atoms with van der Waals surface area (Å²) in [5.74, 6) is 0.253. The van der Waals surface area contributed by atoms with Gasteiger partial charge in [-0.05, 0) is 44.2 Å². The molecule has 7 nitrogen and oxygen atoms in total. The van der Waals surface area contributed by atoms with E-state index in [1.807, 2.05) is 13.8 Å². The Morgan fingerprint density at radius 3 is 2.69 bits per heavy atom. The van der Waals surface area contributed by atoms with E-state index in [2.05, 4.69) is 15.3 Å². The number of Topliss-reactive ketones (excluding diaryl/α,β-unsaturated/α-hetero) is 1. The van der Waals surface area contributed by atoms with E-state index in [1.54, 1.807) is 41.1 Å². The number of carbonyl (C=O) groups is 1. The summed E-state index contributed by atoms with van der Waals surface area (Å²) in [6, 6.07) is 9.99. The third kappa shape index (κ3) is 3.83. The fourth-order valence-corrected chi connectivity index (χ4v) is 3.66. The predicted octanol–water partition coefficient (Wildman–Crippen LogP) is 3.05. The van der Waals surface area contributed by atoms with Crippen LogP contribution in [0.3, 0.4) is 0 Å². The maximum absolute atomic E-state index is 13.0. The molecule has 0 saturated carbocycles. The van der Waals surface area contributed by atoms with Crippen molar-refractivity contribution in [3.8, 4) is 11.4 Å². The molecule has 4 rings (SSSR count). The van der Waals surface area contributed by atoms with Gasteiger partial charge in [-0.1, -0.05) is 11.6 Å². The van der Waals surface area contributed by atoms with Crippen LogP contribution in [0.2, 0.25) is 5.02 Å². The van der Waals surface area contributed by atoms with Crippen LogP contribution in [0.5, 0.6) is 0 Å². The van der Waals surface area contributed by atoms with Crippen LogP contribution in [0.25, 0.3) is 11.4 Å². The van der Waals surface area contributed by atoms with E-state index < -0.39 is 5.54 Å². The van der Waals surface area contributed by atoms with Crippen LogP contribution >= 0.6 is 11.6 Å². The van der Waals surface area contributed by atoms with E-state index in [0.717, 1.165) is 0 Å². The van der Waals surface area contributed by atoms with Crippen molar-refractivity contribution in [2.24, 2.45) is 0 Å². The molecule has 3 heterocycles. The monoisotopic (exact) mass is 409 g/mol. The Balaban J connectivity index is 1.76. The van der Waals surface area contributed by atoms with E-state index in [0.29, 0.717) is 34.5 Å². The number of nitrogens with one attached hydrogen (secondary N) is 1. The molecule has 1 N–H and O–H groups in total. The second-order valence-electron chi connectivity index (χ2n) is 7.60. The van der Waals surface area contributed by atoms with Gasteiger partial charge in [0.2, 0.25) is 0 Å². The second kappa shape index (κ2) is 7.50. The Kier molecular flexibility index (Phi) is 5.02. The lowest BCUT2D eigenvalue weighted by molar-refractivity contribution is 0.0940. The largest absolute Gasteiger partial charge is 0.294 e. The summed E-state index contributed by atoms with van der Waals surface area (Å²) < 4.78 is 1.58. The SMILES string of the molecule is CC1(C)NCn2c(nc(-c3ccncn3)cc2=O)C1CC(=O)c1ccc(Cl)cc1. The van der Waals surface area contributed by atoms with Gasteiger partial charge in [0.25, 0.3) is 5.56 Å². The van der Waals surface area contributed by atoms with Crippen molar-refractivity contribution in [1.29, 1.82) is 0 Å². The average molecular weight is 410 g/mol. The molecular formula is C21H20ClN5O2. The standard InChI is InChI=1S/C21H20ClN5O2/c1-21(2)15(9-18(28)13-3-5-14(22)6-4-13)20-26-17(16-7-8-23-11-24-16)10-19(29)27(20)12-25-21/h3-8,10-11,15,25H,9,12H2,1-2H3. The highest BCUT2D eigenvalue weighted by atomic mass is 35.5. The van der Waals surface area contributed by atoms with Crippen LogP contribution in [0.4, 0.5) is 0 Å². The first-order chi connectivity index (χ1) is 13.8. The summed E-state index contributed by atoms with van der Waals surface area (Å²) >= 11 is 5.93. The molecule has 1 atom stereocenters. The van der Waals surface area contributed by atoms with E-state index in [1.165, 1.54) is 12.4 Å². The highest BCUT2D eigenvalue weighted by Gasteiger charge is 2.39.